The van der Waals surface area contributed by atoms with E-state index in [1.807, 2.05) is 0 Å². The predicted molar refractivity (Wildman–Crippen MR) is 50.6 cm³/mol. The van der Waals surface area contributed by atoms with Crippen molar-refractivity contribution in [1.82, 2.24) is 4.98 Å². The number of nitrogens with zero attached hydrogens (tertiary/aromatic N) is 1. The van der Waals surface area contributed by atoms with E-state index >= 15 is 0 Å². The molecule has 1 heterocycles. The number of fused-ring (bicyclic) bond motifs is 1. The normalized spacial score (nSPS) is 11.1. The zero-order valence-corrected chi connectivity index (χ0v) is 7.25. The van der Waals surface area contributed by atoms with Crippen molar-refractivity contribution >= 4 is 10.9 Å². The second-order valence-electron chi connectivity index (χ2n) is 2.95. The molecule has 2 aromatic rings. The fraction of sp³-hybridized carbons (Fsp3) is 0.100. The van der Waals surface area contributed by atoms with Gasteiger partial charge in [-0.1, -0.05) is 12.1 Å². The van der Waals surface area contributed by atoms with Gasteiger partial charge in [0.25, 0.3) is 0 Å². The summed E-state index contributed by atoms with van der Waals surface area (Å²) in [7, 11) is 0. The lowest BCUT2D eigenvalue weighted by Gasteiger charge is -2.08. The van der Waals surface area contributed by atoms with Crippen molar-refractivity contribution < 1.29 is 15.3 Å². The summed E-state index contributed by atoms with van der Waals surface area (Å²) in [6, 6.07) is 6.67. The van der Waals surface area contributed by atoms with Crippen LogP contribution in [0.15, 0.2) is 30.5 Å². The van der Waals surface area contributed by atoms with Gasteiger partial charge in [0.2, 0.25) is 0 Å². The van der Waals surface area contributed by atoms with Crippen LogP contribution in [0.4, 0.5) is 0 Å². The molecule has 0 amide bonds. The number of benzene rings is 1. The third kappa shape index (κ3) is 1.30. The molecule has 0 aliphatic heterocycles. The summed E-state index contributed by atoms with van der Waals surface area (Å²) in [6.07, 6.45) is -0.142. The molecule has 0 fully saturated rings. The van der Waals surface area contributed by atoms with Gasteiger partial charge < -0.3 is 15.3 Å². The van der Waals surface area contributed by atoms with E-state index in [9.17, 15) is 5.11 Å². The maximum absolute atomic E-state index is 9.64. The Kier molecular flexibility index (Phi) is 2.07. The van der Waals surface area contributed by atoms with Gasteiger partial charge in [0, 0.05) is 11.6 Å². The first-order valence-electron chi connectivity index (χ1n) is 4.13. The van der Waals surface area contributed by atoms with E-state index in [1.165, 1.54) is 12.3 Å². The summed E-state index contributed by atoms with van der Waals surface area (Å²) in [5.41, 5.74) is 0.439. The molecular formula is C10H9NO3. The van der Waals surface area contributed by atoms with Crippen LogP contribution in [0.3, 0.4) is 0 Å². The van der Waals surface area contributed by atoms with Crippen molar-refractivity contribution in [3.8, 4) is 5.75 Å². The SMILES string of the molecule is Oc1c(C(O)O)ccc2cccnc12. The molecule has 0 saturated heterocycles. The summed E-state index contributed by atoms with van der Waals surface area (Å²) in [5, 5.41) is 28.3. The quantitative estimate of drug-likeness (QED) is 0.586. The van der Waals surface area contributed by atoms with Crippen LogP contribution < -0.4 is 0 Å². The Hall–Kier alpha value is -1.65. The number of phenols is 1. The second kappa shape index (κ2) is 3.25. The van der Waals surface area contributed by atoms with Gasteiger partial charge in [-0.3, -0.25) is 4.98 Å². The molecule has 0 spiro atoms. The molecule has 0 radical (unpaired) electrons. The van der Waals surface area contributed by atoms with Crippen LogP contribution in [-0.4, -0.2) is 20.3 Å². The minimum atomic E-state index is -1.68. The molecule has 1 aromatic heterocycles. The largest absolute Gasteiger partial charge is 0.505 e. The molecule has 0 saturated carbocycles. The van der Waals surface area contributed by atoms with Gasteiger partial charge in [-0.2, -0.15) is 0 Å². The van der Waals surface area contributed by atoms with Crippen LogP contribution in [0.1, 0.15) is 11.9 Å². The van der Waals surface area contributed by atoms with Crippen LogP contribution in [0.5, 0.6) is 5.75 Å². The van der Waals surface area contributed by atoms with Gasteiger partial charge in [0.05, 0.1) is 5.56 Å². The lowest BCUT2D eigenvalue weighted by atomic mass is 10.1. The minimum absolute atomic E-state index is 0.0659. The molecule has 0 unspecified atom stereocenters. The van der Waals surface area contributed by atoms with Crippen molar-refractivity contribution in [2.45, 2.75) is 6.29 Å². The fourth-order valence-corrected chi connectivity index (χ4v) is 1.35. The predicted octanol–water partition coefficient (Wildman–Crippen LogP) is 0.924. The van der Waals surface area contributed by atoms with Crippen LogP contribution >= 0.6 is 0 Å². The Morgan fingerprint density at radius 2 is 1.93 bits per heavy atom. The summed E-state index contributed by atoms with van der Waals surface area (Å²) in [4.78, 5) is 3.95. The van der Waals surface area contributed by atoms with Gasteiger partial charge in [0.15, 0.2) is 6.29 Å². The van der Waals surface area contributed by atoms with Crippen LogP contribution in [0.2, 0.25) is 0 Å². The highest BCUT2D eigenvalue weighted by molar-refractivity contribution is 5.85. The van der Waals surface area contributed by atoms with E-state index in [0.717, 1.165) is 5.39 Å². The van der Waals surface area contributed by atoms with Crippen molar-refractivity contribution in [2.75, 3.05) is 0 Å². The Bertz CT molecular complexity index is 468. The Balaban J connectivity index is 2.75. The fourth-order valence-electron chi connectivity index (χ4n) is 1.35. The maximum atomic E-state index is 9.64. The van der Waals surface area contributed by atoms with Crippen LogP contribution in [-0.2, 0) is 0 Å². The van der Waals surface area contributed by atoms with Crippen molar-refractivity contribution in [3.63, 3.8) is 0 Å². The molecule has 72 valence electrons. The number of hydrogen-bond acceptors (Lipinski definition) is 4. The summed E-state index contributed by atoms with van der Waals surface area (Å²) in [5.74, 6) is -0.182. The number of hydrogen-bond donors (Lipinski definition) is 3. The summed E-state index contributed by atoms with van der Waals surface area (Å²) in [6.45, 7) is 0. The number of aliphatic hydroxyl groups is 2. The van der Waals surface area contributed by atoms with E-state index < -0.39 is 6.29 Å². The molecule has 2 rings (SSSR count). The molecule has 0 aliphatic carbocycles. The third-order valence-electron chi connectivity index (χ3n) is 2.06. The molecule has 0 aliphatic rings. The average molecular weight is 191 g/mol. The molecule has 0 atom stereocenters. The Morgan fingerprint density at radius 1 is 1.14 bits per heavy atom. The monoisotopic (exact) mass is 191 g/mol. The molecule has 3 N–H and O–H groups in total. The molecular weight excluding hydrogens is 182 g/mol. The molecule has 4 heteroatoms. The van der Waals surface area contributed by atoms with E-state index in [2.05, 4.69) is 4.98 Å². The zero-order valence-electron chi connectivity index (χ0n) is 7.25. The standard InChI is InChI=1S/C10H9NO3/c12-9-7(10(13)14)4-3-6-2-1-5-11-8(6)9/h1-5,10,12-14H. The van der Waals surface area contributed by atoms with Gasteiger partial charge in [-0.05, 0) is 12.1 Å². The first-order chi connectivity index (χ1) is 6.70. The highest BCUT2D eigenvalue weighted by Crippen LogP contribution is 2.29. The van der Waals surface area contributed by atoms with Gasteiger partial charge >= 0.3 is 0 Å². The number of pyridine rings is 1. The summed E-state index contributed by atoms with van der Waals surface area (Å²) < 4.78 is 0. The van der Waals surface area contributed by atoms with Gasteiger partial charge in [-0.15, -0.1) is 0 Å². The molecule has 1 aromatic carbocycles. The Morgan fingerprint density at radius 3 is 2.64 bits per heavy atom. The molecule has 14 heavy (non-hydrogen) atoms. The maximum Gasteiger partial charge on any atom is 0.182 e. The number of aromatic hydroxyl groups is 1. The van der Waals surface area contributed by atoms with Crippen LogP contribution in [0, 0.1) is 0 Å². The lowest BCUT2D eigenvalue weighted by molar-refractivity contribution is -0.0437. The topological polar surface area (TPSA) is 73.6 Å². The van der Waals surface area contributed by atoms with Crippen molar-refractivity contribution in [2.24, 2.45) is 0 Å². The first-order valence-corrected chi connectivity index (χ1v) is 4.13. The second-order valence-corrected chi connectivity index (χ2v) is 2.95. The van der Waals surface area contributed by atoms with Crippen LogP contribution in [0.25, 0.3) is 10.9 Å². The van der Waals surface area contributed by atoms with Crippen molar-refractivity contribution in [1.29, 1.82) is 0 Å². The van der Waals surface area contributed by atoms with E-state index in [-0.39, 0.29) is 11.3 Å². The summed E-state index contributed by atoms with van der Waals surface area (Å²) >= 11 is 0. The van der Waals surface area contributed by atoms with E-state index in [0.29, 0.717) is 5.52 Å². The smallest absolute Gasteiger partial charge is 0.182 e. The number of phenolic OH excluding ortho intramolecular Hbond substituents is 1. The van der Waals surface area contributed by atoms with E-state index in [1.54, 1.807) is 18.2 Å². The average Bonchev–Trinajstić information content (AvgIpc) is 2.18. The minimum Gasteiger partial charge on any atom is -0.505 e. The third-order valence-corrected chi connectivity index (χ3v) is 2.06. The van der Waals surface area contributed by atoms with Gasteiger partial charge in [-0.25, -0.2) is 0 Å². The van der Waals surface area contributed by atoms with Crippen molar-refractivity contribution in [3.05, 3.63) is 36.0 Å². The highest BCUT2D eigenvalue weighted by atomic mass is 16.5. The number of aromatic nitrogens is 1. The Labute approximate surface area is 80.1 Å². The number of aliphatic hydroxyl groups excluding tert-OH is 1. The van der Waals surface area contributed by atoms with Gasteiger partial charge in [0.1, 0.15) is 11.3 Å². The number of rotatable bonds is 1. The molecule has 0 bridgehead atoms. The zero-order chi connectivity index (χ0) is 10.1. The highest BCUT2D eigenvalue weighted by Gasteiger charge is 2.11. The van der Waals surface area contributed by atoms with E-state index in [4.69, 9.17) is 10.2 Å². The lowest BCUT2D eigenvalue weighted by Crippen LogP contribution is -1.95. The molecule has 4 nitrogen and oxygen atoms in total. The first kappa shape index (κ1) is 8.93.